The molecule has 2 aliphatic heterocycles. The van der Waals surface area contributed by atoms with Gasteiger partial charge in [-0.1, -0.05) is 24.6 Å². The van der Waals surface area contributed by atoms with Gasteiger partial charge in [0.2, 0.25) is 5.95 Å². The number of allylic oxidation sites excluding steroid dienone is 1. The maximum atomic E-state index is 14.1. The van der Waals surface area contributed by atoms with Crippen LogP contribution in [0.3, 0.4) is 0 Å². The molecule has 0 bridgehead atoms. The number of methoxy groups -OCH3 is 1. The summed E-state index contributed by atoms with van der Waals surface area (Å²) in [5.41, 5.74) is 8.03. The lowest BCUT2D eigenvalue weighted by molar-refractivity contribution is 0.160. The van der Waals surface area contributed by atoms with Crippen LogP contribution in [-0.4, -0.2) is 80.4 Å². The third-order valence-electron chi connectivity index (χ3n) is 7.29. The van der Waals surface area contributed by atoms with E-state index in [2.05, 4.69) is 41.2 Å². The number of hydrogen-bond donors (Lipinski definition) is 3. The lowest BCUT2D eigenvalue weighted by Crippen LogP contribution is -2.44. The van der Waals surface area contributed by atoms with Crippen molar-refractivity contribution in [2.24, 2.45) is 11.7 Å². The topological polar surface area (TPSA) is 118 Å². The molecule has 0 saturated carbocycles. The number of anilines is 1. The lowest BCUT2D eigenvalue weighted by atomic mass is 9.95. The van der Waals surface area contributed by atoms with Gasteiger partial charge in [-0.2, -0.15) is 0 Å². The molecule has 41 heavy (non-hydrogen) atoms. The average molecular weight is 588 g/mol. The van der Waals surface area contributed by atoms with Crippen molar-refractivity contribution in [2.75, 3.05) is 64.4 Å². The number of nitrogens with one attached hydrogen (secondary N) is 2. The van der Waals surface area contributed by atoms with Crippen LogP contribution in [0.1, 0.15) is 31.2 Å². The smallest absolute Gasteiger partial charge is 0.406 e. The standard InChI is InChI=1S/C29H39ClFN7O3/c1-20(23-13-24(30)15-25(31)14-23)11-22(19-37-7-3-21(4-8-37)16-36-29(39)40-2)12-27(32)41-26-17-34-28(35-18-26)38-9-5-33-6-10-38/h11-15,17-18,20-21,33H,3-10,16,19,32H2,1-2H3,(H,36,39)/b22-11+,27-12+. The van der Waals surface area contributed by atoms with Crippen LogP contribution in [0.2, 0.25) is 5.02 Å². The van der Waals surface area contributed by atoms with Crippen molar-refractivity contribution in [1.29, 1.82) is 0 Å². The number of ether oxygens (including phenoxy) is 2. The number of alkyl carbamates (subject to hydrolysis) is 1. The summed E-state index contributed by atoms with van der Waals surface area (Å²) >= 11 is 6.12. The number of amides is 1. The summed E-state index contributed by atoms with van der Waals surface area (Å²) in [5, 5.41) is 6.46. The molecule has 222 valence electrons. The highest BCUT2D eigenvalue weighted by atomic mass is 35.5. The SMILES string of the molecule is COC(=O)NCC1CCN(CC(=C/C(C)c2cc(F)cc(Cl)c2)/C=C(\N)Oc2cnc(N3CCNCC3)nc2)CC1. The fourth-order valence-electron chi connectivity index (χ4n) is 5.05. The van der Waals surface area contributed by atoms with E-state index in [1.54, 1.807) is 24.5 Å². The average Bonchev–Trinajstić information content (AvgIpc) is 2.97. The molecule has 4 rings (SSSR count). The van der Waals surface area contributed by atoms with E-state index in [4.69, 9.17) is 22.1 Å². The Kier molecular flexibility index (Phi) is 11.2. The molecular formula is C29H39ClFN7O3. The van der Waals surface area contributed by atoms with Crippen LogP contribution in [0.5, 0.6) is 5.75 Å². The van der Waals surface area contributed by atoms with Crippen LogP contribution < -0.4 is 26.0 Å². The first kappa shape index (κ1) is 30.5. The zero-order valence-corrected chi connectivity index (χ0v) is 24.4. The fourth-order valence-corrected chi connectivity index (χ4v) is 5.28. The van der Waals surface area contributed by atoms with Gasteiger partial charge in [0.05, 0.1) is 19.5 Å². The molecule has 1 atom stereocenters. The first-order valence-corrected chi connectivity index (χ1v) is 14.3. The molecule has 0 radical (unpaired) electrons. The molecule has 1 aromatic carbocycles. The zero-order chi connectivity index (χ0) is 29.2. The van der Waals surface area contributed by atoms with Crippen molar-refractivity contribution < 1.29 is 18.7 Å². The third-order valence-corrected chi connectivity index (χ3v) is 7.50. The number of nitrogens with zero attached hydrogens (tertiary/aromatic N) is 4. The number of halogens is 2. The molecule has 1 aromatic heterocycles. The van der Waals surface area contributed by atoms with Gasteiger partial charge in [0.1, 0.15) is 5.82 Å². The van der Waals surface area contributed by atoms with Gasteiger partial charge < -0.3 is 30.7 Å². The van der Waals surface area contributed by atoms with Crippen molar-refractivity contribution >= 4 is 23.6 Å². The Bertz CT molecular complexity index is 1190. The number of rotatable bonds is 10. The molecule has 1 unspecified atom stereocenters. The summed E-state index contributed by atoms with van der Waals surface area (Å²) in [5.74, 6) is 1.21. The number of hydrogen-bond acceptors (Lipinski definition) is 9. The van der Waals surface area contributed by atoms with Crippen LogP contribution >= 0.6 is 11.6 Å². The minimum Gasteiger partial charge on any atom is -0.453 e. The van der Waals surface area contributed by atoms with Gasteiger partial charge in [0.15, 0.2) is 11.6 Å². The van der Waals surface area contributed by atoms with Gasteiger partial charge >= 0.3 is 6.09 Å². The highest BCUT2D eigenvalue weighted by Crippen LogP contribution is 2.25. The largest absolute Gasteiger partial charge is 0.453 e. The molecule has 12 heteroatoms. The van der Waals surface area contributed by atoms with E-state index in [0.717, 1.165) is 63.2 Å². The van der Waals surface area contributed by atoms with Crippen LogP contribution in [0.25, 0.3) is 0 Å². The molecule has 2 aromatic rings. The zero-order valence-electron chi connectivity index (χ0n) is 23.6. The number of nitrogens with two attached hydrogens (primary N) is 1. The first-order valence-electron chi connectivity index (χ1n) is 13.9. The number of carbonyl (C=O) groups is 1. The highest BCUT2D eigenvalue weighted by Gasteiger charge is 2.21. The van der Waals surface area contributed by atoms with Crippen molar-refractivity contribution in [1.82, 2.24) is 25.5 Å². The Morgan fingerprint density at radius 2 is 1.93 bits per heavy atom. The van der Waals surface area contributed by atoms with Gasteiger partial charge in [-0.3, -0.25) is 4.90 Å². The maximum Gasteiger partial charge on any atom is 0.406 e. The van der Waals surface area contributed by atoms with E-state index in [1.807, 2.05) is 6.92 Å². The number of carbonyl (C=O) groups excluding carboxylic acids is 1. The molecule has 2 aliphatic rings. The predicted octanol–water partition coefficient (Wildman–Crippen LogP) is 3.66. The quantitative estimate of drug-likeness (QED) is 0.283. The fraction of sp³-hybridized carbons (Fsp3) is 0.483. The minimum atomic E-state index is -0.409. The molecule has 0 aliphatic carbocycles. The monoisotopic (exact) mass is 587 g/mol. The Labute approximate surface area is 245 Å². The van der Waals surface area contributed by atoms with E-state index in [1.165, 1.54) is 19.2 Å². The molecule has 2 saturated heterocycles. The van der Waals surface area contributed by atoms with Crippen LogP contribution in [0.4, 0.5) is 15.1 Å². The second-order valence-electron chi connectivity index (χ2n) is 10.4. The highest BCUT2D eigenvalue weighted by molar-refractivity contribution is 6.30. The molecule has 4 N–H and O–H groups in total. The van der Waals surface area contributed by atoms with Gasteiger partial charge in [0, 0.05) is 50.4 Å². The Balaban J connectivity index is 1.44. The molecule has 3 heterocycles. The van der Waals surface area contributed by atoms with Gasteiger partial charge in [0.25, 0.3) is 0 Å². The normalized spacial score (nSPS) is 18.2. The van der Waals surface area contributed by atoms with E-state index >= 15 is 0 Å². The van der Waals surface area contributed by atoms with Gasteiger partial charge in [-0.15, -0.1) is 0 Å². The Hall–Kier alpha value is -3.41. The minimum absolute atomic E-state index is 0.120. The molecule has 10 nitrogen and oxygen atoms in total. The number of piperazine rings is 1. The molecule has 2 fully saturated rings. The van der Waals surface area contributed by atoms with E-state index < -0.39 is 6.09 Å². The van der Waals surface area contributed by atoms with Crippen molar-refractivity contribution in [3.63, 3.8) is 0 Å². The lowest BCUT2D eigenvalue weighted by Gasteiger charge is -2.32. The number of benzene rings is 1. The summed E-state index contributed by atoms with van der Waals surface area (Å²) in [7, 11) is 1.36. The molecule has 0 spiro atoms. The number of aromatic nitrogens is 2. The second-order valence-corrected chi connectivity index (χ2v) is 10.9. The van der Waals surface area contributed by atoms with Crippen LogP contribution in [0.15, 0.2) is 54.2 Å². The van der Waals surface area contributed by atoms with Gasteiger partial charge in [-0.05, 0) is 67.1 Å². The van der Waals surface area contributed by atoms with Gasteiger partial charge in [-0.25, -0.2) is 19.2 Å². The van der Waals surface area contributed by atoms with Crippen molar-refractivity contribution in [3.05, 3.63) is 70.6 Å². The second kappa shape index (κ2) is 15.0. The molecule has 1 amide bonds. The van der Waals surface area contributed by atoms with Crippen molar-refractivity contribution in [3.8, 4) is 5.75 Å². The summed E-state index contributed by atoms with van der Waals surface area (Å²) in [6.07, 6.45) is 8.58. The van der Waals surface area contributed by atoms with Crippen molar-refractivity contribution in [2.45, 2.75) is 25.7 Å². The summed E-state index contributed by atoms with van der Waals surface area (Å²) < 4.78 is 24.6. The Morgan fingerprint density at radius 1 is 1.22 bits per heavy atom. The van der Waals surface area contributed by atoms with Crippen LogP contribution in [-0.2, 0) is 4.74 Å². The number of likely N-dealkylation sites (tertiary alicyclic amines) is 1. The number of piperidine rings is 1. The first-order chi connectivity index (χ1) is 19.8. The maximum absolute atomic E-state index is 14.1. The molecular weight excluding hydrogens is 549 g/mol. The third kappa shape index (κ3) is 9.58. The van der Waals surface area contributed by atoms with E-state index in [-0.39, 0.29) is 17.6 Å². The predicted molar refractivity (Wildman–Crippen MR) is 157 cm³/mol. The Morgan fingerprint density at radius 3 is 2.59 bits per heavy atom. The summed E-state index contributed by atoms with van der Waals surface area (Å²) in [4.78, 5) is 24.8. The van der Waals surface area contributed by atoms with Crippen LogP contribution in [0, 0.1) is 11.7 Å². The summed E-state index contributed by atoms with van der Waals surface area (Å²) in [6.45, 7) is 8.44. The van der Waals surface area contributed by atoms with E-state index in [0.29, 0.717) is 35.7 Å². The summed E-state index contributed by atoms with van der Waals surface area (Å²) in [6, 6.07) is 4.55. The van der Waals surface area contributed by atoms with E-state index in [9.17, 15) is 9.18 Å².